The second-order valence-corrected chi connectivity index (χ2v) is 9.20. The van der Waals surface area contributed by atoms with Crippen LogP contribution in [0.1, 0.15) is 19.4 Å². The summed E-state index contributed by atoms with van der Waals surface area (Å²) in [6.45, 7) is 5.19. The molecular weight excluding hydrogens is 448 g/mol. The lowest BCUT2D eigenvalue weighted by molar-refractivity contribution is -0.115. The van der Waals surface area contributed by atoms with Gasteiger partial charge in [-0.25, -0.2) is 4.98 Å². The molecule has 0 saturated heterocycles. The van der Waals surface area contributed by atoms with Crippen LogP contribution in [0.2, 0.25) is 0 Å². The molecular formula is C26H24N4O3S. The molecule has 0 radical (unpaired) electrons. The van der Waals surface area contributed by atoms with E-state index in [1.54, 1.807) is 47.9 Å². The smallest absolute Gasteiger partial charge is 0.266 e. The molecule has 1 atom stereocenters. The molecule has 2 N–H and O–H groups in total. The van der Waals surface area contributed by atoms with Crippen LogP contribution in [-0.2, 0) is 9.59 Å². The highest BCUT2D eigenvalue weighted by molar-refractivity contribution is 8.00. The summed E-state index contributed by atoms with van der Waals surface area (Å²) in [5.74, 6) is -0.389. The molecule has 2 amide bonds. The minimum absolute atomic E-state index is 0.163. The molecule has 0 saturated carbocycles. The van der Waals surface area contributed by atoms with Gasteiger partial charge in [-0.15, -0.1) is 0 Å². The summed E-state index contributed by atoms with van der Waals surface area (Å²) in [6.07, 6.45) is 0. The molecule has 34 heavy (non-hydrogen) atoms. The molecule has 1 aromatic heterocycles. The molecule has 8 heteroatoms. The van der Waals surface area contributed by atoms with Crippen LogP contribution in [0.15, 0.2) is 82.7 Å². The van der Waals surface area contributed by atoms with Crippen LogP contribution in [0.3, 0.4) is 0 Å². The standard InChI is InChI=1S/C26H24N4O3S/c1-16-8-14-21(15-9-16)30-25(33)22-6-4-5-7-23(22)29-26(30)34-17(2)24(32)28-20-12-10-19(11-13-20)27-18(3)31/h4-15,17H,1-3H3,(H,27,31)(H,28,32). The lowest BCUT2D eigenvalue weighted by Crippen LogP contribution is -2.26. The molecule has 4 aromatic rings. The van der Waals surface area contributed by atoms with Crippen molar-refractivity contribution in [2.45, 2.75) is 31.2 Å². The number of para-hydroxylation sites is 1. The van der Waals surface area contributed by atoms with Crippen molar-refractivity contribution < 1.29 is 9.59 Å². The van der Waals surface area contributed by atoms with Gasteiger partial charge in [0, 0.05) is 18.3 Å². The number of hydrogen-bond acceptors (Lipinski definition) is 5. The Balaban J connectivity index is 1.62. The van der Waals surface area contributed by atoms with E-state index in [0.29, 0.717) is 33.1 Å². The van der Waals surface area contributed by atoms with E-state index in [0.717, 1.165) is 5.56 Å². The number of aromatic nitrogens is 2. The Morgan fingerprint density at radius 3 is 2.18 bits per heavy atom. The molecule has 7 nitrogen and oxygen atoms in total. The molecule has 4 rings (SSSR count). The maximum absolute atomic E-state index is 13.4. The molecule has 172 valence electrons. The Bertz CT molecular complexity index is 1410. The highest BCUT2D eigenvalue weighted by atomic mass is 32.2. The zero-order valence-corrected chi connectivity index (χ0v) is 19.8. The summed E-state index contributed by atoms with van der Waals surface area (Å²) in [4.78, 5) is 42.2. The topological polar surface area (TPSA) is 93.1 Å². The van der Waals surface area contributed by atoms with E-state index in [1.165, 1.54) is 18.7 Å². The number of thioether (sulfide) groups is 1. The number of nitrogens with zero attached hydrogens (tertiary/aromatic N) is 2. The minimum Gasteiger partial charge on any atom is -0.326 e. The maximum Gasteiger partial charge on any atom is 0.266 e. The summed E-state index contributed by atoms with van der Waals surface area (Å²) in [6, 6.07) is 21.7. The fraction of sp³-hybridized carbons (Fsp3) is 0.154. The second kappa shape index (κ2) is 9.93. The van der Waals surface area contributed by atoms with Crippen LogP contribution in [0.5, 0.6) is 0 Å². The van der Waals surface area contributed by atoms with Crippen LogP contribution in [0.4, 0.5) is 11.4 Å². The Morgan fingerprint density at radius 2 is 1.53 bits per heavy atom. The van der Waals surface area contributed by atoms with E-state index in [1.807, 2.05) is 43.3 Å². The molecule has 1 heterocycles. The van der Waals surface area contributed by atoms with Crippen LogP contribution < -0.4 is 16.2 Å². The van der Waals surface area contributed by atoms with E-state index in [-0.39, 0.29) is 17.4 Å². The van der Waals surface area contributed by atoms with E-state index in [9.17, 15) is 14.4 Å². The Morgan fingerprint density at radius 1 is 0.912 bits per heavy atom. The molecule has 3 aromatic carbocycles. The SMILES string of the molecule is CC(=O)Nc1ccc(NC(=O)C(C)Sc2nc3ccccc3c(=O)n2-c2ccc(C)cc2)cc1. The zero-order chi connectivity index (χ0) is 24.2. The third-order valence-electron chi connectivity index (χ3n) is 5.16. The summed E-state index contributed by atoms with van der Waals surface area (Å²) in [5.41, 5.74) is 3.43. The van der Waals surface area contributed by atoms with Crippen molar-refractivity contribution in [1.82, 2.24) is 9.55 Å². The maximum atomic E-state index is 13.4. The number of fused-ring (bicyclic) bond motifs is 1. The number of benzene rings is 3. The van der Waals surface area contributed by atoms with Crippen molar-refractivity contribution in [1.29, 1.82) is 0 Å². The third-order valence-corrected chi connectivity index (χ3v) is 6.21. The number of rotatable bonds is 6. The van der Waals surface area contributed by atoms with Crippen molar-refractivity contribution in [2.24, 2.45) is 0 Å². The minimum atomic E-state index is -0.528. The quantitative estimate of drug-likeness (QED) is 0.311. The summed E-state index contributed by atoms with van der Waals surface area (Å²) in [7, 11) is 0. The average molecular weight is 473 g/mol. The lowest BCUT2D eigenvalue weighted by atomic mass is 10.2. The Kier molecular flexibility index (Phi) is 6.79. The first-order valence-corrected chi connectivity index (χ1v) is 11.6. The number of anilines is 2. The molecule has 0 fully saturated rings. The molecule has 0 bridgehead atoms. The van der Waals surface area contributed by atoms with Gasteiger partial charge in [-0.2, -0.15) is 0 Å². The zero-order valence-electron chi connectivity index (χ0n) is 19.0. The van der Waals surface area contributed by atoms with E-state index in [4.69, 9.17) is 4.98 Å². The van der Waals surface area contributed by atoms with Gasteiger partial charge in [0.1, 0.15) is 0 Å². The number of aryl methyl sites for hydroxylation is 1. The van der Waals surface area contributed by atoms with E-state index < -0.39 is 5.25 Å². The van der Waals surface area contributed by atoms with Gasteiger partial charge in [-0.1, -0.05) is 41.6 Å². The van der Waals surface area contributed by atoms with E-state index in [2.05, 4.69) is 10.6 Å². The van der Waals surface area contributed by atoms with Crippen molar-refractivity contribution in [3.63, 3.8) is 0 Å². The normalized spacial score (nSPS) is 11.7. The van der Waals surface area contributed by atoms with Gasteiger partial charge in [0.25, 0.3) is 5.56 Å². The second-order valence-electron chi connectivity index (χ2n) is 7.90. The van der Waals surface area contributed by atoms with Crippen molar-refractivity contribution in [2.75, 3.05) is 10.6 Å². The number of amides is 2. The largest absolute Gasteiger partial charge is 0.326 e. The van der Waals surface area contributed by atoms with E-state index >= 15 is 0 Å². The summed E-state index contributed by atoms with van der Waals surface area (Å²) < 4.78 is 1.55. The fourth-order valence-electron chi connectivity index (χ4n) is 3.41. The first-order chi connectivity index (χ1) is 16.3. The lowest BCUT2D eigenvalue weighted by Gasteiger charge is -2.17. The van der Waals surface area contributed by atoms with Crippen LogP contribution in [0, 0.1) is 6.92 Å². The Hall–Kier alpha value is -3.91. The van der Waals surface area contributed by atoms with Crippen LogP contribution in [0.25, 0.3) is 16.6 Å². The van der Waals surface area contributed by atoms with Gasteiger partial charge in [-0.05, 0) is 62.4 Å². The van der Waals surface area contributed by atoms with Gasteiger partial charge in [0.15, 0.2) is 5.16 Å². The molecule has 1 unspecified atom stereocenters. The molecule has 0 aliphatic rings. The highest BCUT2D eigenvalue weighted by Crippen LogP contribution is 2.26. The van der Waals surface area contributed by atoms with Gasteiger partial charge < -0.3 is 10.6 Å². The predicted molar refractivity (Wildman–Crippen MR) is 137 cm³/mol. The number of carbonyl (C=O) groups excluding carboxylic acids is 2. The van der Waals surface area contributed by atoms with Crippen molar-refractivity contribution in [3.8, 4) is 5.69 Å². The first kappa shape index (κ1) is 23.3. The number of nitrogens with one attached hydrogen (secondary N) is 2. The molecule has 0 aliphatic carbocycles. The predicted octanol–water partition coefficient (Wildman–Crippen LogP) is 4.77. The monoisotopic (exact) mass is 472 g/mol. The molecule has 0 aliphatic heterocycles. The Labute approximate surface area is 201 Å². The average Bonchev–Trinajstić information content (AvgIpc) is 2.81. The van der Waals surface area contributed by atoms with Gasteiger partial charge in [-0.3, -0.25) is 19.0 Å². The van der Waals surface area contributed by atoms with Crippen molar-refractivity contribution >= 4 is 45.9 Å². The third kappa shape index (κ3) is 5.18. The number of hydrogen-bond donors (Lipinski definition) is 2. The first-order valence-electron chi connectivity index (χ1n) is 10.8. The van der Waals surface area contributed by atoms with Gasteiger partial charge in [0.05, 0.1) is 21.8 Å². The van der Waals surface area contributed by atoms with Crippen molar-refractivity contribution in [3.05, 3.63) is 88.7 Å². The van der Waals surface area contributed by atoms with Crippen LogP contribution >= 0.6 is 11.8 Å². The van der Waals surface area contributed by atoms with Gasteiger partial charge >= 0.3 is 0 Å². The van der Waals surface area contributed by atoms with Gasteiger partial charge in [0.2, 0.25) is 11.8 Å². The summed E-state index contributed by atoms with van der Waals surface area (Å²) in [5, 5.41) is 5.99. The number of carbonyl (C=O) groups is 2. The summed E-state index contributed by atoms with van der Waals surface area (Å²) >= 11 is 1.22. The van der Waals surface area contributed by atoms with Crippen LogP contribution in [-0.4, -0.2) is 26.6 Å². The molecule has 0 spiro atoms. The fourth-order valence-corrected chi connectivity index (χ4v) is 4.34. The highest BCUT2D eigenvalue weighted by Gasteiger charge is 2.20.